The van der Waals surface area contributed by atoms with Gasteiger partial charge in [-0.2, -0.15) is 0 Å². The number of benzene rings is 1. The molecule has 1 saturated carbocycles. The summed E-state index contributed by atoms with van der Waals surface area (Å²) in [5, 5.41) is 14.0. The van der Waals surface area contributed by atoms with E-state index >= 15 is 0 Å². The summed E-state index contributed by atoms with van der Waals surface area (Å²) >= 11 is 0. The van der Waals surface area contributed by atoms with Crippen LogP contribution in [-0.4, -0.2) is 35.6 Å². The predicted octanol–water partition coefficient (Wildman–Crippen LogP) is 2.48. The zero-order valence-electron chi connectivity index (χ0n) is 15.1. The zero-order valence-corrected chi connectivity index (χ0v) is 15.1. The molecule has 1 fully saturated rings. The summed E-state index contributed by atoms with van der Waals surface area (Å²) in [4.78, 5) is 27.5. The van der Waals surface area contributed by atoms with Crippen molar-refractivity contribution in [2.45, 2.75) is 19.4 Å². The van der Waals surface area contributed by atoms with Crippen LogP contribution in [0.25, 0.3) is 0 Å². The van der Waals surface area contributed by atoms with E-state index in [-0.39, 0.29) is 23.5 Å². The topological polar surface area (TPSA) is 113 Å². The van der Waals surface area contributed by atoms with Crippen LogP contribution in [0.3, 0.4) is 0 Å². The first kappa shape index (κ1) is 18.0. The lowest BCUT2D eigenvalue weighted by Gasteiger charge is -2.18. The molecule has 0 bridgehead atoms. The van der Waals surface area contributed by atoms with E-state index in [1.54, 1.807) is 18.3 Å². The summed E-state index contributed by atoms with van der Waals surface area (Å²) in [5.74, 6) is 1.20. The molecule has 9 nitrogen and oxygen atoms in total. The van der Waals surface area contributed by atoms with Gasteiger partial charge in [-0.15, -0.1) is 0 Å². The summed E-state index contributed by atoms with van der Waals surface area (Å²) in [6.45, 7) is 1.49. The lowest BCUT2D eigenvalue weighted by Crippen LogP contribution is -2.24. The summed E-state index contributed by atoms with van der Waals surface area (Å²) in [5.41, 5.74) is 0.350. The number of nitrogens with zero attached hydrogens (tertiary/aromatic N) is 2. The Hall–Kier alpha value is -3.36. The molecule has 2 aliphatic rings. The highest BCUT2D eigenvalue weighted by molar-refractivity contribution is 5.99. The van der Waals surface area contributed by atoms with Crippen molar-refractivity contribution >= 4 is 11.6 Å². The van der Waals surface area contributed by atoms with E-state index in [4.69, 9.17) is 14.2 Å². The van der Waals surface area contributed by atoms with Gasteiger partial charge in [0.25, 0.3) is 11.6 Å². The van der Waals surface area contributed by atoms with Gasteiger partial charge < -0.3 is 19.5 Å². The number of hydrogen-bond donors (Lipinski definition) is 1. The molecule has 2 aromatic rings. The number of hydrogen-bond acceptors (Lipinski definition) is 7. The zero-order chi connectivity index (χ0) is 19.5. The number of nitro benzene ring substituents is 1. The first-order chi connectivity index (χ1) is 13.6. The molecular weight excluding hydrogens is 366 g/mol. The second kappa shape index (κ2) is 7.71. The van der Waals surface area contributed by atoms with Gasteiger partial charge in [-0.25, -0.2) is 4.98 Å². The Morgan fingerprint density at radius 3 is 2.64 bits per heavy atom. The van der Waals surface area contributed by atoms with Crippen LogP contribution in [0, 0.1) is 16.0 Å². The fourth-order valence-electron chi connectivity index (χ4n) is 2.78. The monoisotopic (exact) mass is 385 g/mol. The van der Waals surface area contributed by atoms with E-state index in [0.29, 0.717) is 37.4 Å². The second-order valence-corrected chi connectivity index (χ2v) is 6.71. The van der Waals surface area contributed by atoms with Crippen LogP contribution in [-0.2, 0) is 6.54 Å². The summed E-state index contributed by atoms with van der Waals surface area (Å²) in [7, 11) is 0. The maximum absolute atomic E-state index is 12.5. The van der Waals surface area contributed by atoms with E-state index in [1.807, 2.05) is 0 Å². The molecule has 2 heterocycles. The number of rotatable bonds is 7. The molecule has 1 aromatic carbocycles. The van der Waals surface area contributed by atoms with Crippen LogP contribution in [0.4, 0.5) is 5.69 Å². The molecule has 4 rings (SSSR count). The van der Waals surface area contributed by atoms with Crippen LogP contribution in [0.15, 0.2) is 30.5 Å². The minimum Gasteiger partial charge on any atom is -0.486 e. The number of fused-ring (bicyclic) bond motifs is 1. The molecule has 0 saturated heterocycles. The standard InChI is InChI=1S/C19H19N3O6/c23-19(14-7-16-17(27-6-5-26-16)8-15(14)22(24)25)21-10-13-3-4-18(20-9-13)28-11-12-1-2-12/h3-4,7-9,12H,1-2,5-6,10-11H2,(H,21,23). The van der Waals surface area contributed by atoms with Gasteiger partial charge in [0.1, 0.15) is 18.8 Å². The molecule has 1 aromatic heterocycles. The van der Waals surface area contributed by atoms with Crippen molar-refractivity contribution in [2.75, 3.05) is 19.8 Å². The highest BCUT2D eigenvalue weighted by Crippen LogP contribution is 2.36. The van der Waals surface area contributed by atoms with Gasteiger partial charge in [0.15, 0.2) is 11.5 Å². The summed E-state index contributed by atoms with van der Waals surface area (Å²) < 4.78 is 16.3. The third kappa shape index (κ3) is 4.13. The van der Waals surface area contributed by atoms with Gasteiger partial charge in [0, 0.05) is 24.9 Å². The lowest BCUT2D eigenvalue weighted by atomic mass is 10.1. The Bertz CT molecular complexity index is 895. The van der Waals surface area contributed by atoms with Crippen LogP contribution < -0.4 is 19.5 Å². The fraction of sp³-hybridized carbons (Fsp3) is 0.368. The van der Waals surface area contributed by atoms with E-state index in [1.165, 1.54) is 25.0 Å². The van der Waals surface area contributed by atoms with Crippen LogP contribution in [0.1, 0.15) is 28.8 Å². The van der Waals surface area contributed by atoms with E-state index < -0.39 is 10.8 Å². The summed E-state index contributed by atoms with van der Waals surface area (Å²) in [6, 6.07) is 6.11. The Kier molecular flexibility index (Phi) is 4.96. The number of aromatic nitrogens is 1. The Morgan fingerprint density at radius 2 is 2.00 bits per heavy atom. The maximum Gasteiger partial charge on any atom is 0.286 e. The molecule has 146 valence electrons. The van der Waals surface area contributed by atoms with E-state index in [9.17, 15) is 14.9 Å². The van der Waals surface area contributed by atoms with Gasteiger partial charge in [0.2, 0.25) is 5.88 Å². The number of nitrogens with one attached hydrogen (secondary N) is 1. The van der Waals surface area contributed by atoms with Crippen molar-refractivity contribution in [1.82, 2.24) is 10.3 Å². The molecule has 0 spiro atoms. The number of ether oxygens (including phenoxy) is 3. The Balaban J connectivity index is 1.42. The van der Waals surface area contributed by atoms with Crippen molar-refractivity contribution in [2.24, 2.45) is 5.92 Å². The Labute approximate surface area is 160 Å². The van der Waals surface area contributed by atoms with Gasteiger partial charge in [0.05, 0.1) is 17.6 Å². The van der Waals surface area contributed by atoms with Gasteiger partial charge in [-0.3, -0.25) is 14.9 Å². The molecule has 1 amide bonds. The SMILES string of the molecule is O=C(NCc1ccc(OCC2CC2)nc1)c1cc2c(cc1[N+](=O)[O-])OCCO2. The van der Waals surface area contributed by atoms with Crippen molar-refractivity contribution in [3.05, 3.63) is 51.7 Å². The minimum atomic E-state index is -0.610. The van der Waals surface area contributed by atoms with Crippen molar-refractivity contribution in [3.8, 4) is 17.4 Å². The van der Waals surface area contributed by atoms with Gasteiger partial charge in [-0.05, 0) is 24.3 Å². The third-order valence-corrected chi connectivity index (χ3v) is 4.52. The van der Waals surface area contributed by atoms with Gasteiger partial charge in [-0.1, -0.05) is 6.07 Å². The number of nitro groups is 1. The van der Waals surface area contributed by atoms with E-state index in [2.05, 4.69) is 10.3 Å². The highest BCUT2D eigenvalue weighted by atomic mass is 16.6. The minimum absolute atomic E-state index is 0.0772. The van der Waals surface area contributed by atoms with Crippen LogP contribution in [0.2, 0.25) is 0 Å². The van der Waals surface area contributed by atoms with Crippen molar-refractivity contribution in [1.29, 1.82) is 0 Å². The Morgan fingerprint density at radius 1 is 1.25 bits per heavy atom. The first-order valence-electron chi connectivity index (χ1n) is 9.04. The molecular formula is C19H19N3O6. The first-order valence-corrected chi connectivity index (χ1v) is 9.04. The predicted molar refractivity (Wildman–Crippen MR) is 97.7 cm³/mol. The maximum atomic E-state index is 12.5. The molecule has 0 unspecified atom stereocenters. The second-order valence-electron chi connectivity index (χ2n) is 6.71. The average molecular weight is 385 g/mol. The number of carbonyl (C=O) groups excluding carboxylic acids is 1. The molecule has 1 aliphatic heterocycles. The number of carbonyl (C=O) groups is 1. The van der Waals surface area contributed by atoms with Crippen LogP contribution >= 0.6 is 0 Å². The smallest absolute Gasteiger partial charge is 0.286 e. The highest BCUT2D eigenvalue weighted by Gasteiger charge is 2.26. The molecule has 1 N–H and O–H groups in total. The summed E-state index contributed by atoms with van der Waals surface area (Å²) in [6.07, 6.45) is 4.02. The number of pyridine rings is 1. The quantitative estimate of drug-likeness (QED) is 0.575. The largest absolute Gasteiger partial charge is 0.486 e. The lowest BCUT2D eigenvalue weighted by molar-refractivity contribution is -0.385. The normalized spacial score (nSPS) is 15.0. The van der Waals surface area contributed by atoms with Crippen molar-refractivity contribution < 1.29 is 23.9 Å². The van der Waals surface area contributed by atoms with E-state index in [0.717, 1.165) is 5.56 Å². The molecule has 9 heteroatoms. The fourth-order valence-corrected chi connectivity index (χ4v) is 2.78. The number of amides is 1. The van der Waals surface area contributed by atoms with Crippen molar-refractivity contribution in [3.63, 3.8) is 0 Å². The molecule has 1 aliphatic carbocycles. The van der Waals surface area contributed by atoms with Crippen LogP contribution in [0.5, 0.6) is 17.4 Å². The van der Waals surface area contributed by atoms with Gasteiger partial charge >= 0.3 is 0 Å². The molecule has 0 radical (unpaired) electrons. The third-order valence-electron chi connectivity index (χ3n) is 4.52. The molecule has 0 atom stereocenters. The molecule has 28 heavy (non-hydrogen) atoms. The average Bonchev–Trinajstić information content (AvgIpc) is 3.54.